The van der Waals surface area contributed by atoms with Gasteiger partial charge in [-0.25, -0.2) is 9.59 Å². The molecule has 3 N–H and O–H groups in total. The highest BCUT2D eigenvalue weighted by Crippen LogP contribution is 2.10. The number of aliphatic carboxylic acids is 2. The average molecular weight is 314 g/mol. The van der Waals surface area contributed by atoms with Crippen LogP contribution in [0.4, 0.5) is 0 Å². The summed E-state index contributed by atoms with van der Waals surface area (Å²) in [6.45, 7) is -0.228. The number of hydrogen-bond acceptors (Lipinski definition) is 5. The summed E-state index contributed by atoms with van der Waals surface area (Å²) in [4.78, 5) is 21.9. The van der Waals surface area contributed by atoms with Crippen molar-refractivity contribution in [3.05, 3.63) is 11.5 Å². The number of ether oxygens (including phenoxy) is 2. The number of hydrogen-bond donors (Lipinski definition) is 3. The molecule has 0 amide bonds. The minimum atomic E-state index is -1.56. The second-order valence-electron chi connectivity index (χ2n) is 4.70. The number of carboxylic acid groups (broad SMARTS) is 2. The van der Waals surface area contributed by atoms with E-state index < -0.39 is 30.1 Å². The van der Waals surface area contributed by atoms with Gasteiger partial charge in [0.1, 0.15) is 19.8 Å². The zero-order chi connectivity index (χ0) is 15.1. The first-order chi connectivity index (χ1) is 8.69. The van der Waals surface area contributed by atoms with E-state index in [9.17, 15) is 9.59 Å². The number of rotatable bonds is 9. The Balaban J connectivity index is 0. The van der Waals surface area contributed by atoms with E-state index in [1.807, 2.05) is 21.1 Å². The Labute approximate surface area is 123 Å². The number of halogens is 1. The van der Waals surface area contributed by atoms with E-state index in [1.165, 1.54) is 0 Å². The zero-order valence-electron chi connectivity index (χ0n) is 11.6. The first kappa shape index (κ1) is 20.8. The fourth-order valence-electron chi connectivity index (χ4n) is 1.02. The van der Waals surface area contributed by atoms with Crippen LogP contribution in [-0.2, 0) is 19.1 Å². The summed E-state index contributed by atoms with van der Waals surface area (Å²) in [6, 6.07) is 0. The van der Waals surface area contributed by atoms with E-state index in [2.05, 4.69) is 4.74 Å². The van der Waals surface area contributed by atoms with Crippen molar-refractivity contribution in [2.24, 2.45) is 0 Å². The van der Waals surface area contributed by atoms with Crippen molar-refractivity contribution in [2.75, 3.05) is 47.5 Å². The SMILES string of the molecule is C[N+](C)(C)CCO/C(C(=O)O)=C(\OCCO)C(=O)O.[Cl-]. The van der Waals surface area contributed by atoms with Crippen LogP contribution in [0.1, 0.15) is 0 Å². The third-order valence-corrected chi connectivity index (χ3v) is 1.94. The molecule has 9 heteroatoms. The molecule has 0 heterocycles. The van der Waals surface area contributed by atoms with Crippen LogP contribution in [0.5, 0.6) is 0 Å². The van der Waals surface area contributed by atoms with Crippen molar-refractivity contribution >= 4 is 11.9 Å². The van der Waals surface area contributed by atoms with Crippen LogP contribution in [0, 0.1) is 0 Å². The van der Waals surface area contributed by atoms with Gasteiger partial charge < -0.3 is 41.7 Å². The lowest BCUT2D eigenvalue weighted by molar-refractivity contribution is -0.870. The number of carboxylic acids is 2. The van der Waals surface area contributed by atoms with Crippen molar-refractivity contribution in [3.8, 4) is 0 Å². The molecule has 0 rings (SSSR count). The molecule has 0 saturated heterocycles. The Morgan fingerprint density at radius 3 is 1.65 bits per heavy atom. The second kappa shape index (κ2) is 9.40. The van der Waals surface area contributed by atoms with Crippen molar-refractivity contribution < 1.29 is 51.3 Å². The maximum absolute atomic E-state index is 11.0. The van der Waals surface area contributed by atoms with E-state index in [0.717, 1.165) is 0 Å². The fraction of sp³-hybridized carbons (Fsp3) is 0.636. The largest absolute Gasteiger partial charge is 1.00 e. The van der Waals surface area contributed by atoms with Gasteiger partial charge >= 0.3 is 11.9 Å². The number of carbonyl (C=O) groups is 2. The standard InChI is InChI=1S/C11H19NO7.ClH/c1-12(2,3)4-6-18-8(10(14)15)9(11(16)17)19-7-5-13;/h13H,4-7H2,1-3H3,(H-,14,15,16,17);1H/b9-8-;. The summed E-state index contributed by atoms with van der Waals surface area (Å²) in [6.07, 6.45) is 0. The summed E-state index contributed by atoms with van der Waals surface area (Å²) in [5.74, 6) is -4.68. The molecule has 0 radical (unpaired) electrons. The highest BCUT2D eigenvalue weighted by atomic mass is 35.5. The Bertz CT molecular complexity index is 362. The lowest BCUT2D eigenvalue weighted by atomic mass is 10.4. The summed E-state index contributed by atoms with van der Waals surface area (Å²) < 4.78 is 10.2. The summed E-state index contributed by atoms with van der Waals surface area (Å²) >= 11 is 0. The first-order valence-corrected chi connectivity index (χ1v) is 5.57. The number of quaternary nitrogens is 1. The van der Waals surface area contributed by atoms with Gasteiger partial charge in [-0.15, -0.1) is 0 Å². The van der Waals surface area contributed by atoms with Gasteiger partial charge in [-0.1, -0.05) is 0 Å². The molecule has 0 bridgehead atoms. The van der Waals surface area contributed by atoms with Crippen LogP contribution in [0.25, 0.3) is 0 Å². The summed E-state index contributed by atoms with van der Waals surface area (Å²) in [5.41, 5.74) is 0. The number of nitrogens with zero attached hydrogens (tertiary/aromatic N) is 1. The highest BCUT2D eigenvalue weighted by Gasteiger charge is 2.24. The molecule has 0 saturated carbocycles. The lowest BCUT2D eigenvalue weighted by Crippen LogP contribution is -3.00. The molecule has 118 valence electrons. The monoisotopic (exact) mass is 313 g/mol. The molecule has 0 aliphatic rings. The van der Waals surface area contributed by atoms with Crippen LogP contribution in [0.3, 0.4) is 0 Å². The van der Waals surface area contributed by atoms with E-state index in [-0.39, 0.29) is 25.6 Å². The van der Waals surface area contributed by atoms with Gasteiger partial charge in [-0.2, -0.15) is 0 Å². The van der Waals surface area contributed by atoms with E-state index in [4.69, 9.17) is 20.1 Å². The van der Waals surface area contributed by atoms with E-state index >= 15 is 0 Å². The molecule has 0 fully saturated rings. The number of aliphatic hydroxyl groups is 1. The molecule has 0 aromatic heterocycles. The molecule has 0 aliphatic heterocycles. The first-order valence-electron chi connectivity index (χ1n) is 5.57. The van der Waals surface area contributed by atoms with Crippen LogP contribution in [-0.4, -0.2) is 79.2 Å². The van der Waals surface area contributed by atoms with Crippen LogP contribution < -0.4 is 12.4 Å². The van der Waals surface area contributed by atoms with E-state index in [1.54, 1.807) is 0 Å². The molecule has 0 spiro atoms. The van der Waals surface area contributed by atoms with Crippen molar-refractivity contribution in [1.29, 1.82) is 0 Å². The third kappa shape index (κ3) is 8.57. The molecule has 8 nitrogen and oxygen atoms in total. The van der Waals surface area contributed by atoms with Crippen molar-refractivity contribution in [3.63, 3.8) is 0 Å². The topological polar surface area (TPSA) is 113 Å². The number of likely N-dealkylation sites (N-methyl/N-ethyl adjacent to an activating group) is 1. The quantitative estimate of drug-likeness (QED) is 0.226. The molecule has 0 atom stereocenters. The minimum Gasteiger partial charge on any atom is -1.00 e. The van der Waals surface area contributed by atoms with Gasteiger partial charge in [0.05, 0.1) is 27.7 Å². The molecule has 20 heavy (non-hydrogen) atoms. The van der Waals surface area contributed by atoms with E-state index in [0.29, 0.717) is 11.0 Å². The molecule has 0 aromatic carbocycles. The third-order valence-electron chi connectivity index (χ3n) is 1.94. The van der Waals surface area contributed by atoms with Gasteiger partial charge in [0.15, 0.2) is 0 Å². The molecule has 0 unspecified atom stereocenters. The predicted molar refractivity (Wildman–Crippen MR) is 64.2 cm³/mol. The minimum absolute atomic E-state index is 0. The zero-order valence-corrected chi connectivity index (χ0v) is 12.4. The summed E-state index contributed by atoms with van der Waals surface area (Å²) in [7, 11) is 5.65. The molecular weight excluding hydrogens is 294 g/mol. The summed E-state index contributed by atoms with van der Waals surface area (Å²) in [5, 5.41) is 26.4. The number of aliphatic hydroxyl groups excluding tert-OH is 1. The Morgan fingerprint density at radius 2 is 1.35 bits per heavy atom. The Morgan fingerprint density at radius 1 is 0.950 bits per heavy atom. The second-order valence-corrected chi connectivity index (χ2v) is 4.70. The maximum atomic E-state index is 11.0. The van der Waals surface area contributed by atoms with Crippen LogP contribution >= 0.6 is 0 Å². The Kier molecular flexibility index (Phi) is 9.78. The fourth-order valence-corrected chi connectivity index (χ4v) is 1.02. The average Bonchev–Trinajstić information content (AvgIpc) is 2.24. The van der Waals surface area contributed by atoms with Crippen molar-refractivity contribution in [2.45, 2.75) is 0 Å². The highest BCUT2D eigenvalue weighted by molar-refractivity contribution is 5.95. The van der Waals surface area contributed by atoms with Gasteiger partial charge in [0.2, 0.25) is 0 Å². The van der Waals surface area contributed by atoms with Crippen LogP contribution in [0.15, 0.2) is 11.5 Å². The van der Waals surface area contributed by atoms with Gasteiger partial charge in [-0.05, 0) is 0 Å². The van der Waals surface area contributed by atoms with Crippen molar-refractivity contribution in [1.82, 2.24) is 0 Å². The normalized spacial score (nSPS) is 12.0. The van der Waals surface area contributed by atoms with Gasteiger partial charge in [0, 0.05) is 0 Å². The van der Waals surface area contributed by atoms with Gasteiger partial charge in [0.25, 0.3) is 11.5 Å². The lowest BCUT2D eigenvalue weighted by Gasteiger charge is -2.23. The smallest absolute Gasteiger partial charge is 0.375 e. The van der Waals surface area contributed by atoms with Gasteiger partial charge in [-0.3, -0.25) is 0 Å². The Hall–Kier alpha value is -1.51. The molecular formula is C11H20ClNO7. The maximum Gasteiger partial charge on any atom is 0.375 e. The molecule has 0 aliphatic carbocycles. The predicted octanol–water partition coefficient (Wildman–Crippen LogP) is -3.90. The van der Waals surface area contributed by atoms with Crippen LogP contribution in [0.2, 0.25) is 0 Å². The molecule has 0 aromatic rings.